The summed E-state index contributed by atoms with van der Waals surface area (Å²) in [5.74, 6) is 0. The van der Waals surface area contributed by atoms with Gasteiger partial charge in [0.25, 0.3) is 0 Å². The van der Waals surface area contributed by atoms with E-state index in [4.69, 9.17) is 0 Å². The standard InChI is InChI=1S/C30H18S6/c1-7-19(31-13-1)25-26(20-8-2-14-32-20)28(22-10-4-16-34-22)30(24-12-6-18-36-24)29(23-11-5-17-35-23)27(25)21-9-3-15-33-21/h1-18H. The first-order valence-corrected chi connectivity index (χ1v) is 16.6. The fourth-order valence-electron chi connectivity index (χ4n) is 4.75. The summed E-state index contributed by atoms with van der Waals surface area (Å²) < 4.78 is 0. The summed E-state index contributed by atoms with van der Waals surface area (Å²) in [5, 5.41) is 13.2. The van der Waals surface area contributed by atoms with Gasteiger partial charge in [0.1, 0.15) is 0 Å². The molecule has 6 aromatic heterocycles. The van der Waals surface area contributed by atoms with Crippen molar-refractivity contribution >= 4 is 68.0 Å². The minimum absolute atomic E-state index is 1.31. The first-order chi connectivity index (χ1) is 17.9. The van der Waals surface area contributed by atoms with E-state index in [9.17, 15) is 0 Å². The van der Waals surface area contributed by atoms with Crippen LogP contribution in [0.3, 0.4) is 0 Å². The van der Waals surface area contributed by atoms with Gasteiger partial charge >= 0.3 is 0 Å². The molecule has 6 heteroatoms. The highest BCUT2D eigenvalue weighted by Crippen LogP contribution is 2.58. The molecule has 0 saturated carbocycles. The Labute approximate surface area is 234 Å². The summed E-state index contributed by atoms with van der Waals surface area (Å²) in [5.41, 5.74) is 8.09. The smallest absolute Gasteiger partial charge is 0.0356 e. The van der Waals surface area contributed by atoms with Gasteiger partial charge in [-0.15, -0.1) is 68.0 Å². The second-order valence-electron chi connectivity index (χ2n) is 8.11. The number of thiophene rings is 6. The number of hydrogen-bond acceptors (Lipinski definition) is 6. The summed E-state index contributed by atoms with van der Waals surface area (Å²) in [6.07, 6.45) is 0. The molecule has 0 aliphatic heterocycles. The first kappa shape index (κ1) is 22.6. The van der Waals surface area contributed by atoms with Crippen molar-refractivity contribution in [3.63, 3.8) is 0 Å². The van der Waals surface area contributed by atoms with Gasteiger partial charge in [-0.3, -0.25) is 0 Å². The van der Waals surface area contributed by atoms with Gasteiger partial charge in [0.05, 0.1) is 0 Å². The van der Waals surface area contributed by atoms with Gasteiger partial charge < -0.3 is 0 Å². The van der Waals surface area contributed by atoms with Crippen molar-refractivity contribution < 1.29 is 0 Å². The van der Waals surface area contributed by atoms with Crippen LogP contribution >= 0.6 is 68.0 Å². The average Bonchev–Trinajstić information content (AvgIpc) is 3.78. The number of rotatable bonds is 6. The van der Waals surface area contributed by atoms with Gasteiger partial charge in [0.2, 0.25) is 0 Å². The molecule has 0 radical (unpaired) electrons. The van der Waals surface area contributed by atoms with Gasteiger partial charge in [-0.05, 0) is 68.7 Å². The maximum atomic E-state index is 2.29. The third-order valence-electron chi connectivity index (χ3n) is 6.11. The fraction of sp³-hybridized carbons (Fsp3) is 0. The minimum atomic E-state index is 1.31. The molecule has 0 amide bonds. The molecule has 0 bridgehead atoms. The van der Waals surface area contributed by atoms with Crippen molar-refractivity contribution in [2.75, 3.05) is 0 Å². The molecule has 7 aromatic rings. The molecular formula is C30H18S6. The SMILES string of the molecule is c1csc(-c2c(-c3cccs3)c(-c3cccs3)c(-c3cccs3)c(-c3cccs3)c2-c2cccs2)c1. The van der Waals surface area contributed by atoms with Crippen LogP contribution in [0.2, 0.25) is 0 Å². The second kappa shape index (κ2) is 9.71. The number of hydrogen-bond donors (Lipinski definition) is 0. The fourth-order valence-corrected chi connectivity index (χ4v) is 9.45. The highest BCUT2D eigenvalue weighted by atomic mass is 32.1. The first-order valence-electron chi connectivity index (χ1n) is 11.4. The Bertz CT molecular complexity index is 1320. The zero-order valence-electron chi connectivity index (χ0n) is 18.8. The Kier molecular flexibility index (Phi) is 6.10. The van der Waals surface area contributed by atoms with E-state index >= 15 is 0 Å². The van der Waals surface area contributed by atoms with Crippen molar-refractivity contribution in [1.82, 2.24) is 0 Å². The van der Waals surface area contributed by atoms with Crippen LogP contribution in [0.1, 0.15) is 0 Å². The van der Waals surface area contributed by atoms with Gasteiger partial charge in [-0.2, -0.15) is 0 Å². The zero-order chi connectivity index (χ0) is 23.9. The molecule has 1 aromatic carbocycles. The highest BCUT2D eigenvalue weighted by Gasteiger charge is 2.30. The molecule has 0 spiro atoms. The number of benzene rings is 1. The third-order valence-corrected chi connectivity index (χ3v) is 11.4. The van der Waals surface area contributed by atoms with Crippen molar-refractivity contribution in [3.8, 4) is 62.6 Å². The lowest BCUT2D eigenvalue weighted by atomic mass is 9.82. The third kappa shape index (κ3) is 3.80. The summed E-state index contributed by atoms with van der Waals surface area (Å²) in [6, 6.07) is 26.8. The van der Waals surface area contributed by atoms with Crippen molar-refractivity contribution in [2.24, 2.45) is 0 Å². The van der Waals surface area contributed by atoms with E-state index in [2.05, 4.69) is 105 Å². The predicted molar refractivity (Wildman–Crippen MR) is 166 cm³/mol. The van der Waals surface area contributed by atoms with E-state index in [1.54, 1.807) is 0 Å². The Hall–Kier alpha value is -2.58. The van der Waals surface area contributed by atoms with Crippen LogP contribution in [0, 0.1) is 0 Å². The van der Waals surface area contributed by atoms with Gasteiger partial charge in [-0.1, -0.05) is 36.4 Å². The van der Waals surface area contributed by atoms with E-state index in [1.165, 1.54) is 62.6 Å². The zero-order valence-corrected chi connectivity index (χ0v) is 23.7. The molecule has 0 fully saturated rings. The normalized spacial score (nSPS) is 11.3. The van der Waals surface area contributed by atoms with Crippen molar-refractivity contribution in [2.45, 2.75) is 0 Å². The molecule has 0 aliphatic rings. The van der Waals surface area contributed by atoms with Crippen molar-refractivity contribution in [1.29, 1.82) is 0 Å². The summed E-state index contributed by atoms with van der Waals surface area (Å²) in [4.78, 5) is 7.89. The van der Waals surface area contributed by atoms with Crippen LogP contribution in [0.4, 0.5) is 0 Å². The van der Waals surface area contributed by atoms with Crippen LogP contribution in [0.5, 0.6) is 0 Å². The van der Waals surface area contributed by atoms with Crippen molar-refractivity contribution in [3.05, 3.63) is 105 Å². The van der Waals surface area contributed by atoms with E-state index < -0.39 is 0 Å². The average molecular weight is 571 g/mol. The molecule has 0 N–H and O–H groups in total. The van der Waals surface area contributed by atoms with E-state index in [0.717, 1.165) is 0 Å². The van der Waals surface area contributed by atoms with E-state index in [0.29, 0.717) is 0 Å². The summed E-state index contributed by atoms with van der Waals surface area (Å²) >= 11 is 11.0. The van der Waals surface area contributed by atoms with Crippen LogP contribution in [-0.4, -0.2) is 0 Å². The molecule has 0 saturated heterocycles. The summed E-state index contributed by atoms with van der Waals surface area (Å²) in [7, 11) is 0. The Morgan fingerprint density at radius 3 is 0.528 bits per heavy atom. The highest BCUT2D eigenvalue weighted by molar-refractivity contribution is 7.17. The second-order valence-corrected chi connectivity index (χ2v) is 13.8. The predicted octanol–water partition coefficient (Wildman–Crippen LogP) is 12.1. The maximum Gasteiger partial charge on any atom is 0.0356 e. The molecule has 174 valence electrons. The summed E-state index contributed by atoms with van der Waals surface area (Å²) in [6.45, 7) is 0. The Morgan fingerprint density at radius 2 is 0.417 bits per heavy atom. The van der Waals surface area contributed by atoms with Crippen LogP contribution < -0.4 is 0 Å². The molecular weight excluding hydrogens is 553 g/mol. The van der Waals surface area contributed by atoms with Crippen LogP contribution in [0.15, 0.2) is 105 Å². The lowest BCUT2D eigenvalue weighted by Gasteiger charge is -2.25. The molecule has 6 heterocycles. The molecule has 7 rings (SSSR count). The Balaban J connectivity index is 1.79. The molecule has 0 unspecified atom stereocenters. The van der Waals surface area contributed by atoms with Gasteiger partial charge in [-0.25, -0.2) is 0 Å². The van der Waals surface area contributed by atoms with Gasteiger partial charge in [0.15, 0.2) is 0 Å². The molecule has 0 atom stereocenters. The minimum Gasteiger partial charge on any atom is -0.144 e. The molecule has 36 heavy (non-hydrogen) atoms. The van der Waals surface area contributed by atoms with E-state index in [-0.39, 0.29) is 0 Å². The Morgan fingerprint density at radius 1 is 0.250 bits per heavy atom. The lowest BCUT2D eigenvalue weighted by Crippen LogP contribution is -1.98. The van der Waals surface area contributed by atoms with Gasteiger partial charge in [0, 0.05) is 62.6 Å². The lowest BCUT2D eigenvalue weighted by molar-refractivity contribution is 1.65. The molecule has 0 aliphatic carbocycles. The maximum absolute atomic E-state index is 2.29. The quantitative estimate of drug-likeness (QED) is 0.186. The van der Waals surface area contributed by atoms with Crippen LogP contribution in [0.25, 0.3) is 62.6 Å². The van der Waals surface area contributed by atoms with E-state index in [1.807, 2.05) is 68.0 Å². The molecule has 0 nitrogen and oxygen atoms in total. The topological polar surface area (TPSA) is 0 Å². The largest absolute Gasteiger partial charge is 0.144 e. The monoisotopic (exact) mass is 570 g/mol. The van der Waals surface area contributed by atoms with Crippen LogP contribution in [-0.2, 0) is 0 Å².